The van der Waals surface area contributed by atoms with Crippen LogP contribution in [0.5, 0.6) is 0 Å². The van der Waals surface area contributed by atoms with Crippen LogP contribution in [0.1, 0.15) is 24.0 Å². The molecule has 39 heavy (non-hydrogen) atoms. The van der Waals surface area contributed by atoms with Gasteiger partial charge in [0.25, 0.3) is 0 Å². The number of hydrogen-bond donors (Lipinski definition) is 0. The SMILES string of the molecule is CN1CCN(CCCc2ccc(N(c3ccccc3)c3ccc(CCCN4CCN(C)CC4)cc3)cc2)CC1. The van der Waals surface area contributed by atoms with Crippen LogP contribution in [0.15, 0.2) is 78.9 Å². The van der Waals surface area contributed by atoms with Crippen LogP contribution in [0, 0.1) is 0 Å². The van der Waals surface area contributed by atoms with E-state index < -0.39 is 0 Å². The topological polar surface area (TPSA) is 16.2 Å². The van der Waals surface area contributed by atoms with E-state index in [9.17, 15) is 0 Å². The van der Waals surface area contributed by atoms with Crippen LogP contribution >= 0.6 is 0 Å². The lowest BCUT2D eigenvalue weighted by Crippen LogP contribution is -2.44. The Bertz CT molecular complexity index is 1030. The van der Waals surface area contributed by atoms with E-state index in [0.717, 1.165) is 12.8 Å². The van der Waals surface area contributed by atoms with Gasteiger partial charge in [-0.25, -0.2) is 0 Å². The second kappa shape index (κ2) is 14.1. The van der Waals surface area contributed by atoms with Gasteiger partial charge in [-0.3, -0.25) is 0 Å². The number of anilines is 3. The standard InChI is InChI=1S/C34H47N5/c1-35-22-26-37(27-23-35)20-6-8-30-12-16-33(17-13-30)39(32-10-4-3-5-11-32)34-18-14-31(15-19-34)9-7-21-38-28-24-36(2)25-29-38/h3-5,10-19H,6-9,20-29H2,1-2H3. The molecule has 3 aromatic rings. The molecular formula is C34H47N5. The fraction of sp³-hybridized carbons (Fsp3) is 0.471. The van der Waals surface area contributed by atoms with Gasteiger partial charge in [-0.05, 0) is 100 Å². The number of rotatable bonds is 11. The Morgan fingerprint density at radius 2 is 0.872 bits per heavy atom. The zero-order chi connectivity index (χ0) is 26.9. The number of para-hydroxylation sites is 1. The van der Waals surface area contributed by atoms with Gasteiger partial charge in [0.15, 0.2) is 0 Å². The van der Waals surface area contributed by atoms with Crippen LogP contribution in [-0.2, 0) is 12.8 Å². The molecule has 0 bridgehead atoms. The molecule has 0 aromatic heterocycles. The van der Waals surface area contributed by atoms with Gasteiger partial charge in [0.2, 0.25) is 0 Å². The molecule has 3 aromatic carbocycles. The molecule has 2 heterocycles. The molecular weight excluding hydrogens is 478 g/mol. The van der Waals surface area contributed by atoms with Crippen LogP contribution in [0.3, 0.4) is 0 Å². The molecule has 0 radical (unpaired) electrons. The number of likely N-dealkylation sites (N-methyl/N-ethyl adjacent to an activating group) is 2. The van der Waals surface area contributed by atoms with Crippen molar-refractivity contribution in [1.82, 2.24) is 19.6 Å². The largest absolute Gasteiger partial charge is 0.311 e. The van der Waals surface area contributed by atoms with E-state index in [2.05, 4.69) is 117 Å². The van der Waals surface area contributed by atoms with Crippen LogP contribution in [0.25, 0.3) is 0 Å². The first-order chi connectivity index (χ1) is 19.1. The Morgan fingerprint density at radius 1 is 0.487 bits per heavy atom. The van der Waals surface area contributed by atoms with E-state index in [0.29, 0.717) is 0 Å². The Labute approximate surface area is 236 Å². The van der Waals surface area contributed by atoms with Gasteiger partial charge in [0.1, 0.15) is 0 Å². The molecule has 2 saturated heterocycles. The van der Waals surface area contributed by atoms with E-state index in [1.165, 1.54) is 106 Å². The molecule has 0 aliphatic carbocycles. The highest BCUT2D eigenvalue weighted by atomic mass is 15.2. The summed E-state index contributed by atoms with van der Waals surface area (Å²) in [5.74, 6) is 0. The zero-order valence-corrected chi connectivity index (χ0v) is 24.1. The maximum Gasteiger partial charge on any atom is 0.0461 e. The smallest absolute Gasteiger partial charge is 0.0461 e. The van der Waals surface area contributed by atoms with Crippen LogP contribution in [0.4, 0.5) is 17.1 Å². The first kappa shape index (κ1) is 27.9. The monoisotopic (exact) mass is 525 g/mol. The fourth-order valence-corrected chi connectivity index (χ4v) is 5.80. The Morgan fingerprint density at radius 3 is 1.28 bits per heavy atom. The van der Waals surface area contributed by atoms with E-state index in [1.54, 1.807) is 0 Å². The molecule has 5 nitrogen and oxygen atoms in total. The average Bonchev–Trinajstić information content (AvgIpc) is 2.97. The number of nitrogens with zero attached hydrogens (tertiary/aromatic N) is 5. The van der Waals surface area contributed by atoms with Gasteiger partial charge in [0.05, 0.1) is 0 Å². The molecule has 2 aliphatic heterocycles. The predicted octanol–water partition coefficient (Wildman–Crippen LogP) is 5.52. The molecule has 0 amide bonds. The lowest BCUT2D eigenvalue weighted by Gasteiger charge is -2.32. The molecule has 0 unspecified atom stereocenters. The summed E-state index contributed by atoms with van der Waals surface area (Å²) in [6.07, 6.45) is 4.73. The van der Waals surface area contributed by atoms with Gasteiger partial charge in [-0.15, -0.1) is 0 Å². The van der Waals surface area contributed by atoms with Gasteiger partial charge >= 0.3 is 0 Å². The van der Waals surface area contributed by atoms with Crippen molar-refractivity contribution in [3.05, 3.63) is 90.0 Å². The molecule has 208 valence electrons. The van der Waals surface area contributed by atoms with Gasteiger partial charge < -0.3 is 24.5 Å². The molecule has 5 rings (SSSR count). The quantitative estimate of drug-likeness (QED) is 0.327. The van der Waals surface area contributed by atoms with Gasteiger partial charge in [-0.2, -0.15) is 0 Å². The van der Waals surface area contributed by atoms with Crippen LogP contribution < -0.4 is 4.90 Å². The third kappa shape index (κ3) is 8.15. The van der Waals surface area contributed by atoms with E-state index in [-0.39, 0.29) is 0 Å². The highest BCUT2D eigenvalue weighted by Gasteiger charge is 2.15. The second-order valence-corrected chi connectivity index (χ2v) is 11.5. The molecule has 0 spiro atoms. The summed E-state index contributed by atoms with van der Waals surface area (Å²) in [4.78, 5) is 12.5. The van der Waals surface area contributed by atoms with Crippen molar-refractivity contribution >= 4 is 17.1 Å². The molecule has 2 aliphatic rings. The maximum atomic E-state index is 2.61. The fourth-order valence-electron chi connectivity index (χ4n) is 5.80. The minimum absolute atomic E-state index is 1.14. The molecule has 0 saturated carbocycles. The third-order valence-electron chi connectivity index (χ3n) is 8.47. The molecule has 5 heteroatoms. The van der Waals surface area contributed by atoms with Gasteiger partial charge in [-0.1, -0.05) is 42.5 Å². The molecule has 2 fully saturated rings. The van der Waals surface area contributed by atoms with Crippen molar-refractivity contribution in [3.63, 3.8) is 0 Å². The third-order valence-corrected chi connectivity index (χ3v) is 8.47. The minimum atomic E-state index is 1.14. The summed E-state index contributed by atoms with van der Waals surface area (Å²) in [5, 5.41) is 0. The van der Waals surface area contributed by atoms with Crippen molar-refractivity contribution in [2.75, 3.05) is 84.4 Å². The summed E-state index contributed by atoms with van der Waals surface area (Å²) in [6, 6.07) is 29.2. The maximum absolute atomic E-state index is 2.61. The number of aryl methyl sites for hydroxylation is 2. The van der Waals surface area contributed by atoms with Crippen molar-refractivity contribution < 1.29 is 0 Å². The highest BCUT2D eigenvalue weighted by molar-refractivity contribution is 5.76. The van der Waals surface area contributed by atoms with Gasteiger partial charge in [0, 0.05) is 69.4 Å². The Kier molecular flexibility index (Phi) is 10.1. The summed E-state index contributed by atoms with van der Waals surface area (Å²) >= 11 is 0. The summed E-state index contributed by atoms with van der Waals surface area (Å²) in [6.45, 7) is 12.0. The average molecular weight is 526 g/mol. The van der Waals surface area contributed by atoms with Crippen molar-refractivity contribution in [3.8, 4) is 0 Å². The normalized spacial score (nSPS) is 17.9. The lowest BCUT2D eigenvalue weighted by atomic mass is 10.1. The van der Waals surface area contributed by atoms with Crippen molar-refractivity contribution in [2.24, 2.45) is 0 Å². The predicted molar refractivity (Wildman–Crippen MR) is 166 cm³/mol. The first-order valence-electron chi connectivity index (χ1n) is 15.0. The number of hydrogen-bond acceptors (Lipinski definition) is 5. The van der Waals surface area contributed by atoms with E-state index in [1.807, 2.05) is 0 Å². The highest BCUT2D eigenvalue weighted by Crippen LogP contribution is 2.34. The Hall–Kier alpha value is -2.70. The first-order valence-corrected chi connectivity index (χ1v) is 15.0. The molecule has 0 N–H and O–H groups in total. The summed E-state index contributed by atoms with van der Waals surface area (Å²) in [7, 11) is 4.45. The van der Waals surface area contributed by atoms with E-state index in [4.69, 9.17) is 0 Å². The Balaban J connectivity index is 1.19. The van der Waals surface area contributed by atoms with Crippen LogP contribution in [0.2, 0.25) is 0 Å². The van der Waals surface area contributed by atoms with Crippen LogP contribution in [-0.4, -0.2) is 99.1 Å². The zero-order valence-electron chi connectivity index (χ0n) is 24.1. The summed E-state index contributed by atoms with van der Waals surface area (Å²) in [5.41, 5.74) is 6.48. The molecule has 0 atom stereocenters. The number of benzene rings is 3. The van der Waals surface area contributed by atoms with Crippen molar-refractivity contribution in [1.29, 1.82) is 0 Å². The summed E-state index contributed by atoms with van der Waals surface area (Å²) < 4.78 is 0. The number of piperazine rings is 2. The van der Waals surface area contributed by atoms with E-state index >= 15 is 0 Å². The minimum Gasteiger partial charge on any atom is -0.311 e. The second-order valence-electron chi connectivity index (χ2n) is 11.5. The van der Waals surface area contributed by atoms with Crippen molar-refractivity contribution in [2.45, 2.75) is 25.7 Å². The lowest BCUT2D eigenvalue weighted by molar-refractivity contribution is 0.153.